The molecule has 4 heterocycles. The van der Waals surface area contributed by atoms with Crippen LogP contribution in [0.25, 0.3) is 0 Å². The van der Waals surface area contributed by atoms with Crippen LogP contribution in [0.15, 0.2) is 41.6 Å². The quantitative estimate of drug-likeness (QED) is 0.805. The van der Waals surface area contributed by atoms with Crippen LogP contribution in [-0.2, 0) is 9.53 Å². The van der Waals surface area contributed by atoms with Gasteiger partial charge in [0.05, 0.1) is 6.54 Å². The first-order chi connectivity index (χ1) is 14.1. The minimum absolute atomic E-state index is 0.0743. The summed E-state index contributed by atoms with van der Waals surface area (Å²) in [6, 6.07) is 3.54. The number of allylic oxidation sites excluding steroid dienone is 1. The standard InChI is InChI=1S/C21H27N5O3/c1-2-5-19(27)26-9-6-16(13-18(26)22)25-10-11-29-17-12-15(14-23-20(17)25)21(28)24-7-3-4-8-24/h6,9,12-13,22-23H,2-5,7-8,10-11,14H2,1H3. The molecule has 2 N–H and O–H groups in total. The van der Waals surface area contributed by atoms with Crippen LogP contribution in [0, 0.1) is 5.41 Å². The van der Waals surface area contributed by atoms with E-state index in [2.05, 4.69) is 5.32 Å². The lowest BCUT2D eigenvalue weighted by Crippen LogP contribution is -2.44. The van der Waals surface area contributed by atoms with E-state index in [1.54, 1.807) is 12.3 Å². The normalized spacial score (nSPS) is 18.7. The molecule has 0 aliphatic carbocycles. The van der Waals surface area contributed by atoms with E-state index in [1.807, 2.05) is 28.9 Å². The molecule has 4 rings (SSSR count). The van der Waals surface area contributed by atoms with Gasteiger partial charge in [0.15, 0.2) is 5.76 Å². The summed E-state index contributed by atoms with van der Waals surface area (Å²) in [5.41, 5.74) is 1.69. The average molecular weight is 397 g/mol. The molecule has 8 nitrogen and oxygen atoms in total. The van der Waals surface area contributed by atoms with Crippen molar-refractivity contribution in [1.82, 2.24) is 14.8 Å². The molecule has 0 spiro atoms. The number of rotatable bonds is 4. The van der Waals surface area contributed by atoms with Crippen molar-refractivity contribution in [3.8, 4) is 0 Å². The van der Waals surface area contributed by atoms with Crippen LogP contribution in [0.1, 0.15) is 37.4 Å². The van der Waals surface area contributed by atoms with Crippen LogP contribution in [0.4, 0.5) is 5.69 Å². The molecule has 0 radical (unpaired) electrons. The number of hydrogen-bond acceptors (Lipinski definition) is 6. The molecule has 0 bridgehead atoms. The molecular weight excluding hydrogens is 370 g/mol. The number of ether oxygens (including phenoxy) is 1. The number of amides is 1. The highest BCUT2D eigenvalue weighted by molar-refractivity contribution is 5.95. The van der Waals surface area contributed by atoms with Crippen molar-refractivity contribution in [2.75, 3.05) is 37.7 Å². The summed E-state index contributed by atoms with van der Waals surface area (Å²) in [6.07, 6.45) is 6.80. The highest BCUT2D eigenvalue weighted by atomic mass is 16.5. The summed E-state index contributed by atoms with van der Waals surface area (Å²) in [6.45, 7) is 5.15. The maximum Gasteiger partial charge on any atom is 0.251 e. The Bertz CT molecular complexity index is 940. The average Bonchev–Trinajstić information content (AvgIpc) is 3.27. The second kappa shape index (κ2) is 8.14. The van der Waals surface area contributed by atoms with Gasteiger partial charge < -0.3 is 19.9 Å². The number of pyridine rings is 1. The van der Waals surface area contributed by atoms with Crippen molar-refractivity contribution in [2.24, 2.45) is 0 Å². The minimum atomic E-state index is -0.0743. The van der Waals surface area contributed by atoms with Gasteiger partial charge >= 0.3 is 0 Å². The lowest BCUT2D eigenvalue weighted by atomic mass is 10.1. The molecule has 29 heavy (non-hydrogen) atoms. The highest BCUT2D eigenvalue weighted by Crippen LogP contribution is 2.27. The first-order valence-electron chi connectivity index (χ1n) is 10.3. The lowest BCUT2D eigenvalue weighted by molar-refractivity contribution is -0.126. The molecule has 1 aromatic rings. The van der Waals surface area contributed by atoms with E-state index in [9.17, 15) is 9.59 Å². The number of aromatic nitrogens is 1. The van der Waals surface area contributed by atoms with Gasteiger partial charge in [0.25, 0.3) is 5.91 Å². The summed E-state index contributed by atoms with van der Waals surface area (Å²) < 4.78 is 7.20. The zero-order valence-electron chi connectivity index (χ0n) is 16.7. The number of anilines is 1. The van der Waals surface area contributed by atoms with Crippen LogP contribution in [0.2, 0.25) is 0 Å². The fourth-order valence-corrected chi connectivity index (χ4v) is 3.97. The molecule has 8 heteroatoms. The van der Waals surface area contributed by atoms with Gasteiger partial charge in [0, 0.05) is 49.6 Å². The van der Waals surface area contributed by atoms with Crippen LogP contribution in [0.5, 0.6) is 0 Å². The molecule has 0 saturated carbocycles. The Balaban J connectivity index is 1.59. The van der Waals surface area contributed by atoms with Gasteiger partial charge in [0.2, 0.25) is 5.91 Å². The first kappa shape index (κ1) is 19.3. The summed E-state index contributed by atoms with van der Waals surface area (Å²) >= 11 is 0. The maximum absolute atomic E-state index is 12.7. The molecule has 0 aromatic carbocycles. The van der Waals surface area contributed by atoms with Gasteiger partial charge in [-0.05, 0) is 31.4 Å². The van der Waals surface area contributed by atoms with Crippen LogP contribution in [-0.4, -0.2) is 54.1 Å². The fourth-order valence-electron chi connectivity index (χ4n) is 3.97. The minimum Gasteiger partial charge on any atom is -0.488 e. The van der Waals surface area contributed by atoms with Crippen LogP contribution in [0.3, 0.4) is 0 Å². The van der Waals surface area contributed by atoms with E-state index in [0.717, 1.165) is 43.9 Å². The number of nitrogens with one attached hydrogen (secondary N) is 2. The van der Waals surface area contributed by atoms with Crippen molar-refractivity contribution in [2.45, 2.75) is 32.6 Å². The van der Waals surface area contributed by atoms with E-state index >= 15 is 0 Å². The number of carbonyl (C=O) groups excluding carboxylic acids is 2. The Morgan fingerprint density at radius 1 is 1.24 bits per heavy atom. The van der Waals surface area contributed by atoms with Crippen molar-refractivity contribution < 1.29 is 14.3 Å². The predicted octanol–water partition coefficient (Wildman–Crippen LogP) is 1.57. The third-order valence-electron chi connectivity index (χ3n) is 5.48. The molecule has 0 unspecified atom stereocenters. The molecular formula is C21H27N5O3. The van der Waals surface area contributed by atoms with Crippen molar-refractivity contribution >= 4 is 17.5 Å². The van der Waals surface area contributed by atoms with Crippen LogP contribution < -0.4 is 15.7 Å². The van der Waals surface area contributed by atoms with Gasteiger partial charge in [-0.15, -0.1) is 0 Å². The first-order valence-corrected chi connectivity index (χ1v) is 10.3. The third-order valence-corrected chi connectivity index (χ3v) is 5.48. The highest BCUT2D eigenvalue weighted by Gasteiger charge is 2.29. The molecule has 0 atom stereocenters. The Morgan fingerprint density at radius 3 is 2.76 bits per heavy atom. The number of likely N-dealkylation sites (tertiary alicyclic amines) is 1. The van der Waals surface area contributed by atoms with Gasteiger partial charge in [0.1, 0.15) is 17.9 Å². The summed E-state index contributed by atoms with van der Waals surface area (Å²) in [7, 11) is 0. The van der Waals surface area contributed by atoms with E-state index < -0.39 is 0 Å². The largest absolute Gasteiger partial charge is 0.488 e. The second-order valence-corrected chi connectivity index (χ2v) is 7.52. The van der Waals surface area contributed by atoms with Crippen LogP contribution >= 0.6 is 0 Å². The van der Waals surface area contributed by atoms with E-state index in [-0.39, 0.29) is 17.3 Å². The van der Waals surface area contributed by atoms with Gasteiger partial charge in [-0.1, -0.05) is 6.92 Å². The maximum atomic E-state index is 12.7. The molecule has 154 valence electrons. The Morgan fingerprint density at radius 2 is 2.03 bits per heavy atom. The third kappa shape index (κ3) is 3.79. The fraction of sp³-hybridized carbons (Fsp3) is 0.476. The Kier molecular flexibility index (Phi) is 5.42. The molecule has 3 aliphatic rings. The van der Waals surface area contributed by atoms with E-state index in [4.69, 9.17) is 10.1 Å². The second-order valence-electron chi connectivity index (χ2n) is 7.52. The summed E-state index contributed by atoms with van der Waals surface area (Å²) in [4.78, 5) is 28.8. The number of hydrogen-bond donors (Lipinski definition) is 2. The molecule has 1 aromatic heterocycles. The van der Waals surface area contributed by atoms with Crippen molar-refractivity contribution in [3.05, 3.63) is 47.0 Å². The molecule has 3 aliphatic heterocycles. The van der Waals surface area contributed by atoms with Gasteiger partial charge in [-0.3, -0.25) is 19.6 Å². The Labute approximate surface area is 169 Å². The Hall–Kier alpha value is -3.03. The number of carbonyl (C=O) groups is 2. The zero-order chi connectivity index (χ0) is 20.4. The SMILES string of the molecule is CCCC(=O)n1ccc(N2CCOC3=C2NCC(C(=O)N2CCCC2)=C3)cc1=N. The van der Waals surface area contributed by atoms with E-state index in [0.29, 0.717) is 37.4 Å². The lowest BCUT2D eigenvalue weighted by Gasteiger charge is -2.36. The van der Waals surface area contributed by atoms with E-state index in [1.165, 1.54) is 4.57 Å². The molecule has 1 fully saturated rings. The monoisotopic (exact) mass is 397 g/mol. The van der Waals surface area contributed by atoms with Crippen molar-refractivity contribution in [1.29, 1.82) is 5.41 Å². The van der Waals surface area contributed by atoms with Gasteiger partial charge in [-0.2, -0.15) is 0 Å². The molecule has 1 saturated heterocycles. The van der Waals surface area contributed by atoms with Crippen molar-refractivity contribution in [3.63, 3.8) is 0 Å². The number of dihydropyridines is 1. The topological polar surface area (TPSA) is 90.7 Å². The number of nitrogens with zero attached hydrogens (tertiary/aromatic N) is 3. The smallest absolute Gasteiger partial charge is 0.251 e. The predicted molar refractivity (Wildman–Crippen MR) is 108 cm³/mol. The zero-order valence-corrected chi connectivity index (χ0v) is 16.7. The summed E-state index contributed by atoms with van der Waals surface area (Å²) in [5.74, 6) is 1.45. The van der Waals surface area contributed by atoms with Gasteiger partial charge in [-0.25, -0.2) is 0 Å². The molecule has 1 amide bonds. The summed E-state index contributed by atoms with van der Waals surface area (Å²) in [5, 5.41) is 11.6.